The van der Waals surface area contributed by atoms with Gasteiger partial charge in [0.15, 0.2) is 0 Å². The minimum atomic E-state index is -0.201. The lowest BCUT2D eigenvalue weighted by atomic mass is 9.70. The van der Waals surface area contributed by atoms with Gasteiger partial charge in [-0.3, -0.25) is 4.79 Å². The van der Waals surface area contributed by atoms with E-state index in [1.165, 1.54) is 0 Å². The van der Waals surface area contributed by atoms with Crippen LogP contribution in [0.3, 0.4) is 0 Å². The second-order valence-electron chi connectivity index (χ2n) is 4.19. The highest BCUT2D eigenvalue weighted by atomic mass is 16.2. The van der Waals surface area contributed by atoms with E-state index in [-0.39, 0.29) is 16.7 Å². The zero-order valence-electron chi connectivity index (χ0n) is 7.12. The van der Waals surface area contributed by atoms with Crippen LogP contribution in [0.15, 0.2) is 0 Å². The quantitative estimate of drug-likeness (QED) is 0.539. The lowest BCUT2D eigenvalue weighted by Gasteiger charge is -2.30. The smallest absolute Gasteiger partial charge is 0.226 e. The summed E-state index contributed by atoms with van der Waals surface area (Å²) in [6.45, 7) is 9.03. The molecule has 2 heteroatoms. The first kappa shape index (κ1) is 7.58. The Morgan fingerprint density at radius 2 is 1.80 bits per heavy atom. The molecule has 2 nitrogen and oxygen atoms in total. The molecule has 1 aliphatic heterocycles. The van der Waals surface area contributed by atoms with Crippen LogP contribution in [0.4, 0.5) is 0 Å². The van der Waals surface area contributed by atoms with Gasteiger partial charge in [0, 0.05) is 6.54 Å². The van der Waals surface area contributed by atoms with Gasteiger partial charge in [-0.25, -0.2) is 0 Å². The van der Waals surface area contributed by atoms with Crippen LogP contribution in [-0.2, 0) is 4.79 Å². The van der Waals surface area contributed by atoms with Gasteiger partial charge in [-0.15, -0.1) is 0 Å². The molecule has 1 aliphatic rings. The maximum Gasteiger partial charge on any atom is 0.226 e. The molecule has 10 heavy (non-hydrogen) atoms. The fourth-order valence-corrected chi connectivity index (χ4v) is 1.05. The molecule has 0 aliphatic carbocycles. The predicted octanol–water partition coefficient (Wildman–Crippen LogP) is 1.17. The summed E-state index contributed by atoms with van der Waals surface area (Å²) >= 11 is 0. The Labute approximate surface area is 62.0 Å². The molecule has 0 radical (unpaired) electrons. The van der Waals surface area contributed by atoms with Crippen molar-refractivity contribution in [2.45, 2.75) is 27.7 Å². The molecule has 1 fully saturated rings. The van der Waals surface area contributed by atoms with Crippen LogP contribution < -0.4 is 5.32 Å². The monoisotopic (exact) mass is 141 g/mol. The van der Waals surface area contributed by atoms with Crippen LogP contribution in [-0.4, -0.2) is 12.5 Å². The van der Waals surface area contributed by atoms with Crippen LogP contribution in [0.5, 0.6) is 0 Å². The van der Waals surface area contributed by atoms with E-state index in [0.717, 1.165) is 6.54 Å². The molecule has 0 bridgehead atoms. The summed E-state index contributed by atoms with van der Waals surface area (Å²) < 4.78 is 0. The Kier molecular flexibility index (Phi) is 1.32. The molecule has 0 spiro atoms. The molecule has 1 N–H and O–H groups in total. The third-order valence-corrected chi connectivity index (χ3v) is 2.95. The maximum absolute atomic E-state index is 11.2. The molecule has 0 atom stereocenters. The van der Waals surface area contributed by atoms with Crippen LogP contribution in [0.25, 0.3) is 0 Å². The number of amides is 1. The molecule has 1 rings (SSSR count). The van der Waals surface area contributed by atoms with Crippen LogP contribution in [0.2, 0.25) is 0 Å². The van der Waals surface area contributed by atoms with Crippen molar-refractivity contribution in [3.05, 3.63) is 0 Å². The molecule has 1 amide bonds. The van der Waals surface area contributed by atoms with E-state index >= 15 is 0 Å². The van der Waals surface area contributed by atoms with Gasteiger partial charge in [0.1, 0.15) is 0 Å². The molecular formula is C8H15NO. The van der Waals surface area contributed by atoms with Crippen LogP contribution in [0.1, 0.15) is 27.7 Å². The van der Waals surface area contributed by atoms with Crippen LogP contribution in [0, 0.1) is 10.8 Å². The lowest BCUT2D eigenvalue weighted by molar-refractivity contribution is -0.128. The van der Waals surface area contributed by atoms with Gasteiger partial charge in [-0.1, -0.05) is 27.7 Å². The maximum atomic E-state index is 11.2. The summed E-state index contributed by atoms with van der Waals surface area (Å²) in [5.74, 6) is 0.178. The van der Waals surface area contributed by atoms with Crippen molar-refractivity contribution in [2.75, 3.05) is 6.54 Å². The number of nitrogens with one attached hydrogen (secondary N) is 1. The number of carbonyl (C=O) groups is 1. The Bertz CT molecular complexity index is 170. The summed E-state index contributed by atoms with van der Waals surface area (Å²) in [7, 11) is 0. The van der Waals surface area contributed by atoms with E-state index in [2.05, 4.69) is 19.2 Å². The molecule has 1 heterocycles. The highest BCUT2D eigenvalue weighted by Gasteiger charge is 2.48. The number of rotatable bonds is 0. The largest absolute Gasteiger partial charge is 0.355 e. The molecule has 1 saturated heterocycles. The third kappa shape index (κ3) is 0.746. The summed E-state index contributed by atoms with van der Waals surface area (Å²) in [4.78, 5) is 11.2. The van der Waals surface area contributed by atoms with Gasteiger partial charge in [-0.05, 0) is 5.41 Å². The fraction of sp³-hybridized carbons (Fsp3) is 0.875. The third-order valence-electron chi connectivity index (χ3n) is 2.95. The van der Waals surface area contributed by atoms with E-state index in [1.54, 1.807) is 0 Å². The topological polar surface area (TPSA) is 29.1 Å². The van der Waals surface area contributed by atoms with Gasteiger partial charge in [0.25, 0.3) is 0 Å². The van der Waals surface area contributed by atoms with E-state index < -0.39 is 0 Å². The van der Waals surface area contributed by atoms with Gasteiger partial charge < -0.3 is 5.32 Å². The average Bonchev–Trinajstić information content (AvgIpc) is 1.94. The highest BCUT2D eigenvalue weighted by molar-refractivity contribution is 5.85. The van der Waals surface area contributed by atoms with Crippen molar-refractivity contribution < 1.29 is 4.79 Å². The summed E-state index contributed by atoms with van der Waals surface area (Å²) in [5.41, 5.74) is -0.100. The Hall–Kier alpha value is -0.530. The standard InChI is InChI=1S/C8H15NO/c1-7(2)5-9-6(10)8(7,3)4/h5H2,1-4H3,(H,9,10). The van der Waals surface area contributed by atoms with Crippen molar-refractivity contribution in [1.29, 1.82) is 0 Å². The number of carbonyl (C=O) groups excluding carboxylic acids is 1. The van der Waals surface area contributed by atoms with Crippen molar-refractivity contribution >= 4 is 5.91 Å². The van der Waals surface area contributed by atoms with Crippen LogP contribution >= 0.6 is 0 Å². The molecule has 0 unspecified atom stereocenters. The van der Waals surface area contributed by atoms with Gasteiger partial charge in [0.2, 0.25) is 5.91 Å². The molecule has 0 aromatic heterocycles. The zero-order chi connectivity index (χ0) is 7.99. The first-order valence-electron chi connectivity index (χ1n) is 3.66. The van der Waals surface area contributed by atoms with E-state index in [9.17, 15) is 4.79 Å². The van der Waals surface area contributed by atoms with Crippen molar-refractivity contribution in [2.24, 2.45) is 10.8 Å². The van der Waals surface area contributed by atoms with E-state index in [0.29, 0.717) is 0 Å². The Morgan fingerprint density at radius 1 is 1.30 bits per heavy atom. The van der Waals surface area contributed by atoms with Crippen molar-refractivity contribution in [3.63, 3.8) is 0 Å². The van der Waals surface area contributed by atoms with E-state index in [1.807, 2.05) is 13.8 Å². The number of hydrogen-bond donors (Lipinski definition) is 1. The normalized spacial score (nSPS) is 28.2. The SMILES string of the molecule is CC1(C)CNC(=O)C1(C)C. The number of hydrogen-bond acceptors (Lipinski definition) is 1. The van der Waals surface area contributed by atoms with Gasteiger partial charge >= 0.3 is 0 Å². The summed E-state index contributed by atoms with van der Waals surface area (Å²) in [5, 5.41) is 2.86. The van der Waals surface area contributed by atoms with Gasteiger partial charge in [0.05, 0.1) is 5.41 Å². The lowest BCUT2D eigenvalue weighted by Crippen LogP contribution is -2.33. The molecular weight excluding hydrogens is 126 g/mol. The Balaban J connectivity index is 2.95. The highest BCUT2D eigenvalue weighted by Crippen LogP contribution is 2.41. The van der Waals surface area contributed by atoms with Gasteiger partial charge in [-0.2, -0.15) is 0 Å². The molecule has 0 saturated carbocycles. The minimum Gasteiger partial charge on any atom is -0.355 e. The summed E-state index contributed by atoms with van der Waals surface area (Å²) in [6, 6.07) is 0. The van der Waals surface area contributed by atoms with E-state index in [4.69, 9.17) is 0 Å². The first-order valence-corrected chi connectivity index (χ1v) is 3.66. The van der Waals surface area contributed by atoms with Crippen molar-refractivity contribution in [1.82, 2.24) is 5.32 Å². The molecule has 0 aromatic carbocycles. The first-order chi connectivity index (χ1) is 4.38. The summed E-state index contributed by atoms with van der Waals surface area (Å²) in [6.07, 6.45) is 0. The fourth-order valence-electron chi connectivity index (χ4n) is 1.05. The average molecular weight is 141 g/mol. The Morgan fingerprint density at radius 3 is 1.90 bits per heavy atom. The second-order valence-corrected chi connectivity index (χ2v) is 4.19. The predicted molar refractivity (Wildman–Crippen MR) is 40.6 cm³/mol. The molecule has 0 aromatic rings. The molecule has 58 valence electrons. The van der Waals surface area contributed by atoms with Crippen molar-refractivity contribution in [3.8, 4) is 0 Å². The minimum absolute atomic E-state index is 0.101. The second kappa shape index (κ2) is 1.74. The zero-order valence-corrected chi connectivity index (χ0v) is 7.12.